The number of hydrogen-bond donors (Lipinski definition) is 1. The number of benzene rings is 1. The maximum absolute atomic E-state index is 9.43. The molecule has 23 heavy (non-hydrogen) atoms. The molecule has 4 heteroatoms. The van der Waals surface area contributed by atoms with Crippen molar-refractivity contribution in [2.24, 2.45) is 0 Å². The molecule has 3 rings (SSSR count). The summed E-state index contributed by atoms with van der Waals surface area (Å²) in [5.74, 6) is 0.747. The largest absolute Gasteiger partial charge is 0.365 e. The zero-order chi connectivity index (χ0) is 16.3. The number of nitrogens with one attached hydrogen (secondary N) is 1. The van der Waals surface area contributed by atoms with Crippen molar-refractivity contribution in [1.82, 2.24) is 4.98 Å². The first-order valence-electron chi connectivity index (χ1n) is 8.05. The molecule has 1 heterocycles. The summed E-state index contributed by atoms with van der Waals surface area (Å²) in [6.45, 7) is 2.24. The highest BCUT2D eigenvalue weighted by molar-refractivity contribution is 6.31. The number of pyridine rings is 1. The average molecular weight is 326 g/mol. The first kappa shape index (κ1) is 15.8. The quantitative estimate of drug-likeness (QED) is 0.768. The van der Waals surface area contributed by atoms with E-state index >= 15 is 0 Å². The van der Waals surface area contributed by atoms with Crippen LogP contribution < -0.4 is 5.32 Å². The molecule has 0 bridgehead atoms. The molecule has 0 aliphatic heterocycles. The number of nitrogens with zero attached hydrogens (tertiary/aromatic N) is 2. The molecule has 1 fully saturated rings. The number of rotatable bonds is 3. The van der Waals surface area contributed by atoms with Gasteiger partial charge in [-0.05, 0) is 31.4 Å². The topological polar surface area (TPSA) is 48.7 Å². The van der Waals surface area contributed by atoms with Gasteiger partial charge in [0.15, 0.2) is 0 Å². The summed E-state index contributed by atoms with van der Waals surface area (Å²) in [6, 6.07) is 14.0. The van der Waals surface area contributed by atoms with Crippen LogP contribution in [-0.4, -0.2) is 10.5 Å². The van der Waals surface area contributed by atoms with E-state index in [1.165, 1.54) is 19.3 Å². The molecule has 1 saturated carbocycles. The third kappa shape index (κ3) is 3.48. The second kappa shape index (κ2) is 6.60. The standard InChI is InChI=1S/C19H20ClN3/c1-19(10-6-3-7-11-19)23-17-12-15(14-8-4-2-5-9-14)16(13-21)18(20)22-17/h2,4-5,8-9,12H,3,6-7,10-11H2,1H3,(H,22,23). The summed E-state index contributed by atoms with van der Waals surface area (Å²) in [7, 11) is 0. The lowest BCUT2D eigenvalue weighted by molar-refractivity contribution is 0.348. The zero-order valence-corrected chi connectivity index (χ0v) is 14.0. The first-order chi connectivity index (χ1) is 11.1. The zero-order valence-electron chi connectivity index (χ0n) is 13.3. The minimum atomic E-state index is 0.0523. The smallest absolute Gasteiger partial charge is 0.149 e. The SMILES string of the molecule is CC1(Nc2cc(-c3ccccc3)c(C#N)c(Cl)n2)CCCCC1. The lowest BCUT2D eigenvalue weighted by atomic mass is 9.83. The van der Waals surface area contributed by atoms with Gasteiger partial charge >= 0.3 is 0 Å². The van der Waals surface area contributed by atoms with Crippen molar-refractivity contribution in [3.63, 3.8) is 0 Å². The van der Waals surface area contributed by atoms with E-state index in [0.29, 0.717) is 5.56 Å². The molecular weight excluding hydrogens is 306 g/mol. The Balaban J connectivity index is 2.00. The lowest BCUT2D eigenvalue weighted by Crippen LogP contribution is -2.37. The van der Waals surface area contributed by atoms with Crippen molar-refractivity contribution in [1.29, 1.82) is 5.26 Å². The van der Waals surface area contributed by atoms with Gasteiger partial charge in [-0.2, -0.15) is 5.26 Å². The van der Waals surface area contributed by atoms with Crippen LogP contribution in [0, 0.1) is 11.3 Å². The molecule has 0 atom stereocenters. The molecule has 1 aliphatic carbocycles. The highest BCUT2D eigenvalue weighted by Gasteiger charge is 2.27. The molecule has 1 aromatic heterocycles. The fourth-order valence-corrected chi connectivity index (χ4v) is 3.53. The minimum Gasteiger partial charge on any atom is -0.365 e. The van der Waals surface area contributed by atoms with E-state index in [2.05, 4.69) is 23.3 Å². The predicted octanol–water partition coefficient (Wildman–Crippen LogP) is 5.41. The Morgan fingerprint density at radius 1 is 1.17 bits per heavy atom. The fourth-order valence-electron chi connectivity index (χ4n) is 3.30. The maximum atomic E-state index is 9.43. The normalized spacial score (nSPS) is 16.6. The van der Waals surface area contributed by atoms with Gasteiger partial charge in [-0.25, -0.2) is 4.98 Å². The number of nitriles is 1. The number of hydrogen-bond acceptors (Lipinski definition) is 3. The Kier molecular flexibility index (Phi) is 4.54. The van der Waals surface area contributed by atoms with Crippen molar-refractivity contribution >= 4 is 17.4 Å². The van der Waals surface area contributed by atoms with Crippen molar-refractivity contribution < 1.29 is 0 Å². The van der Waals surface area contributed by atoms with E-state index in [1.807, 2.05) is 36.4 Å². The van der Waals surface area contributed by atoms with Crippen molar-refractivity contribution in [3.8, 4) is 17.2 Å². The Labute approximate surface area is 142 Å². The van der Waals surface area contributed by atoms with Crippen LogP contribution in [0.25, 0.3) is 11.1 Å². The second-order valence-corrected chi connectivity index (χ2v) is 6.80. The first-order valence-corrected chi connectivity index (χ1v) is 8.43. The Bertz CT molecular complexity index is 728. The molecular formula is C19H20ClN3. The van der Waals surface area contributed by atoms with E-state index in [9.17, 15) is 5.26 Å². The van der Waals surface area contributed by atoms with Gasteiger partial charge in [-0.3, -0.25) is 0 Å². The summed E-state index contributed by atoms with van der Waals surface area (Å²) >= 11 is 6.27. The third-order valence-corrected chi connectivity index (χ3v) is 4.83. The summed E-state index contributed by atoms with van der Waals surface area (Å²) < 4.78 is 0. The monoisotopic (exact) mass is 325 g/mol. The van der Waals surface area contributed by atoms with Crippen LogP contribution in [-0.2, 0) is 0 Å². The van der Waals surface area contributed by atoms with Crippen LogP contribution in [0.1, 0.15) is 44.6 Å². The molecule has 3 nitrogen and oxygen atoms in total. The number of aromatic nitrogens is 1. The molecule has 1 aromatic carbocycles. The summed E-state index contributed by atoms with van der Waals surface area (Å²) in [6.07, 6.45) is 6.03. The van der Waals surface area contributed by atoms with Crippen LogP contribution in [0.3, 0.4) is 0 Å². The van der Waals surface area contributed by atoms with Crippen molar-refractivity contribution in [3.05, 3.63) is 47.1 Å². The predicted molar refractivity (Wildman–Crippen MR) is 94.5 cm³/mol. The van der Waals surface area contributed by atoms with Crippen LogP contribution in [0.5, 0.6) is 0 Å². The van der Waals surface area contributed by atoms with Crippen molar-refractivity contribution in [2.45, 2.75) is 44.6 Å². The molecule has 0 amide bonds. The highest BCUT2D eigenvalue weighted by Crippen LogP contribution is 2.34. The Morgan fingerprint density at radius 3 is 2.52 bits per heavy atom. The third-order valence-electron chi connectivity index (χ3n) is 4.56. The molecule has 2 aromatic rings. The Hall–Kier alpha value is -2.05. The van der Waals surface area contributed by atoms with Gasteiger partial charge in [0.2, 0.25) is 0 Å². The fraction of sp³-hybridized carbons (Fsp3) is 0.368. The Morgan fingerprint density at radius 2 is 1.87 bits per heavy atom. The van der Waals surface area contributed by atoms with Crippen LogP contribution in [0.15, 0.2) is 36.4 Å². The van der Waals surface area contributed by atoms with E-state index in [4.69, 9.17) is 11.6 Å². The highest BCUT2D eigenvalue weighted by atomic mass is 35.5. The number of anilines is 1. The van der Waals surface area contributed by atoms with E-state index < -0.39 is 0 Å². The number of halogens is 1. The van der Waals surface area contributed by atoms with Gasteiger partial charge in [-0.1, -0.05) is 61.2 Å². The molecule has 1 aliphatic rings. The van der Waals surface area contributed by atoms with Gasteiger partial charge in [0.25, 0.3) is 0 Å². The van der Waals surface area contributed by atoms with E-state index in [0.717, 1.165) is 29.8 Å². The minimum absolute atomic E-state index is 0.0523. The van der Waals surface area contributed by atoms with Crippen LogP contribution in [0.4, 0.5) is 5.82 Å². The maximum Gasteiger partial charge on any atom is 0.149 e. The van der Waals surface area contributed by atoms with E-state index in [-0.39, 0.29) is 10.7 Å². The van der Waals surface area contributed by atoms with Gasteiger partial charge in [0, 0.05) is 11.1 Å². The molecule has 0 unspecified atom stereocenters. The van der Waals surface area contributed by atoms with Crippen LogP contribution in [0.2, 0.25) is 5.15 Å². The summed E-state index contributed by atoms with van der Waals surface area (Å²) in [5, 5.41) is 13.2. The van der Waals surface area contributed by atoms with E-state index in [1.54, 1.807) is 0 Å². The molecule has 0 spiro atoms. The summed E-state index contributed by atoms with van der Waals surface area (Å²) in [5.41, 5.74) is 2.29. The lowest BCUT2D eigenvalue weighted by Gasteiger charge is -2.35. The molecule has 0 saturated heterocycles. The molecule has 1 N–H and O–H groups in total. The van der Waals surface area contributed by atoms with Gasteiger partial charge in [-0.15, -0.1) is 0 Å². The molecule has 0 radical (unpaired) electrons. The van der Waals surface area contributed by atoms with Crippen LogP contribution >= 0.6 is 11.6 Å². The van der Waals surface area contributed by atoms with Gasteiger partial charge < -0.3 is 5.32 Å². The van der Waals surface area contributed by atoms with Gasteiger partial charge in [0.1, 0.15) is 17.0 Å². The van der Waals surface area contributed by atoms with Gasteiger partial charge in [0.05, 0.1) is 5.56 Å². The second-order valence-electron chi connectivity index (χ2n) is 6.45. The van der Waals surface area contributed by atoms with Crippen molar-refractivity contribution in [2.75, 3.05) is 5.32 Å². The average Bonchev–Trinajstić information content (AvgIpc) is 2.55. The summed E-state index contributed by atoms with van der Waals surface area (Å²) in [4.78, 5) is 4.40. The molecule has 118 valence electrons.